The third-order valence-corrected chi connectivity index (χ3v) is 7.41. The van der Waals surface area contributed by atoms with Gasteiger partial charge in [0.25, 0.3) is 6.29 Å². The van der Waals surface area contributed by atoms with Gasteiger partial charge in [0.1, 0.15) is 6.10 Å². The molecule has 3 heterocycles. The Bertz CT molecular complexity index is 927. The van der Waals surface area contributed by atoms with Crippen molar-refractivity contribution in [1.82, 2.24) is 20.7 Å². The van der Waals surface area contributed by atoms with Crippen molar-refractivity contribution in [3.8, 4) is 11.8 Å². The number of hydrogen-bond acceptors (Lipinski definition) is 12. The highest BCUT2D eigenvalue weighted by Gasteiger charge is 2.42. The van der Waals surface area contributed by atoms with Crippen LogP contribution in [0.3, 0.4) is 0 Å². The second kappa shape index (κ2) is 12.0. The summed E-state index contributed by atoms with van der Waals surface area (Å²) in [7, 11) is 0. The number of aromatic hydroxyl groups is 2. The monoisotopic (exact) mass is 534 g/mol. The number of thioether (sulfide) groups is 1. The molecule has 2 fully saturated rings. The molecule has 1 aromatic rings. The molecule has 0 aliphatic carbocycles. The molecule has 36 heavy (non-hydrogen) atoms. The van der Waals surface area contributed by atoms with Crippen molar-refractivity contribution in [1.29, 1.82) is 0 Å². The fraction of sp³-hybridized carbons (Fsp3) is 0.650. The summed E-state index contributed by atoms with van der Waals surface area (Å²) in [5, 5.41) is 76.5. The van der Waals surface area contributed by atoms with E-state index in [2.05, 4.69) is 15.5 Å². The first-order valence-electron chi connectivity index (χ1n) is 11.2. The van der Waals surface area contributed by atoms with Gasteiger partial charge in [-0.15, -0.1) is 4.73 Å². The number of amides is 3. The molecule has 2 saturated heterocycles. The lowest BCUT2D eigenvalue weighted by Crippen LogP contribution is -2.54. The second-order valence-electron chi connectivity index (χ2n) is 8.50. The molecule has 2 aliphatic rings. The Kier molecular flexibility index (Phi) is 9.26. The molecule has 10 N–H and O–H groups in total. The average Bonchev–Trinajstić information content (AvgIpc) is 3.49. The number of carbonyl (C=O) groups is 3. The van der Waals surface area contributed by atoms with Crippen LogP contribution >= 0.6 is 11.8 Å². The summed E-state index contributed by atoms with van der Waals surface area (Å²) in [5.41, 5.74) is 0. The summed E-state index contributed by atoms with van der Waals surface area (Å²) >= 11 is 1.74. The van der Waals surface area contributed by atoms with Crippen LogP contribution in [0.15, 0.2) is 12.1 Å². The fourth-order valence-electron chi connectivity index (χ4n) is 3.93. The molecule has 0 aromatic carbocycles. The van der Waals surface area contributed by atoms with Crippen LogP contribution in [0.1, 0.15) is 25.7 Å². The maximum Gasteiger partial charge on any atom is 0.315 e. The Morgan fingerprint density at radius 1 is 1.08 bits per heavy atom. The minimum atomic E-state index is -2.46. The first-order chi connectivity index (χ1) is 17.0. The van der Waals surface area contributed by atoms with Gasteiger partial charge in [0.15, 0.2) is 24.2 Å². The van der Waals surface area contributed by atoms with Crippen molar-refractivity contribution in [2.24, 2.45) is 0 Å². The molecule has 15 nitrogen and oxygen atoms in total. The predicted molar refractivity (Wildman–Crippen MR) is 121 cm³/mol. The van der Waals surface area contributed by atoms with E-state index in [0.717, 1.165) is 24.3 Å². The molecule has 3 amide bonds. The van der Waals surface area contributed by atoms with Crippen LogP contribution in [0.5, 0.6) is 11.8 Å². The molecule has 8 atom stereocenters. The lowest BCUT2D eigenvalue weighted by atomic mass is 10.0. The summed E-state index contributed by atoms with van der Waals surface area (Å²) in [6.45, 7) is 0. The Hall–Kier alpha value is -2.76. The van der Waals surface area contributed by atoms with Crippen LogP contribution in [0.2, 0.25) is 0 Å². The van der Waals surface area contributed by atoms with Crippen LogP contribution < -0.4 is 20.8 Å². The molecule has 0 saturated carbocycles. The highest BCUT2D eigenvalue weighted by atomic mass is 32.2. The zero-order valence-electron chi connectivity index (χ0n) is 18.9. The standard InChI is InChI=1S/C20H30N4O11S/c25-10(4-2-1-3-9-13-8(7-36-9)21-20(34)23-13)22-18(32)16(30)14(28)15(29)17(31)19(33)35-24-11(26)5-6-12(24)27/h5-6,8-9,13,15-19,26-27,29-33H,1-4,7H2,(H,22,25)(H2,21,23,34)/t8-,9-,13-,15?,16?,17?,18?,19?/m0/s1. The maximum atomic E-state index is 12.2. The number of aliphatic hydroxyl groups excluding tert-OH is 5. The maximum absolute atomic E-state index is 12.2. The normalized spacial score (nSPS) is 25.1. The van der Waals surface area contributed by atoms with Gasteiger partial charge >= 0.3 is 6.03 Å². The number of hydrogen-bond donors (Lipinski definition) is 10. The van der Waals surface area contributed by atoms with Gasteiger partial charge in [0.2, 0.25) is 17.7 Å². The van der Waals surface area contributed by atoms with Crippen molar-refractivity contribution in [2.45, 2.75) is 73.8 Å². The fourth-order valence-corrected chi connectivity index (χ4v) is 5.47. The van der Waals surface area contributed by atoms with Gasteiger partial charge in [0, 0.05) is 29.6 Å². The Morgan fingerprint density at radius 2 is 1.75 bits per heavy atom. The molecule has 3 rings (SSSR count). The molecule has 0 radical (unpaired) electrons. The van der Waals surface area contributed by atoms with E-state index in [-0.39, 0.29) is 29.8 Å². The minimum Gasteiger partial charge on any atom is -0.492 e. The van der Waals surface area contributed by atoms with Crippen LogP contribution in [0.4, 0.5) is 4.79 Å². The molecule has 16 heteroatoms. The number of nitrogens with zero attached hydrogens (tertiary/aromatic N) is 1. The molecule has 202 valence electrons. The number of carbonyl (C=O) groups excluding carboxylic acids is 3. The van der Waals surface area contributed by atoms with Crippen molar-refractivity contribution < 1.29 is 55.0 Å². The number of nitrogens with one attached hydrogen (secondary N) is 3. The quantitative estimate of drug-likeness (QED) is 0.0672. The largest absolute Gasteiger partial charge is 0.492 e. The summed E-state index contributed by atoms with van der Waals surface area (Å²) in [5.74, 6) is -2.70. The van der Waals surface area contributed by atoms with Gasteiger partial charge in [-0.2, -0.15) is 11.8 Å². The van der Waals surface area contributed by atoms with E-state index in [4.69, 9.17) is 0 Å². The first kappa shape index (κ1) is 27.8. The van der Waals surface area contributed by atoms with Crippen molar-refractivity contribution in [3.63, 3.8) is 0 Å². The van der Waals surface area contributed by atoms with Crippen LogP contribution in [0.25, 0.3) is 0 Å². The van der Waals surface area contributed by atoms with Gasteiger partial charge in [-0.1, -0.05) is 6.42 Å². The van der Waals surface area contributed by atoms with Gasteiger partial charge in [0.05, 0.1) is 12.1 Å². The second-order valence-corrected chi connectivity index (χ2v) is 9.77. The van der Waals surface area contributed by atoms with Gasteiger partial charge < -0.3 is 56.5 Å². The third kappa shape index (κ3) is 6.51. The summed E-state index contributed by atoms with van der Waals surface area (Å²) in [6.07, 6.45) is -9.75. The third-order valence-electron chi connectivity index (χ3n) is 5.90. The van der Waals surface area contributed by atoms with Crippen molar-refractivity contribution >= 4 is 29.5 Å². The van der Waals surface area contributed by atoms with E-state index in [9.17, 15) is 50.1 Å². The Balaban J connectivity index is 1.38. The lowest BCUT2D eigenvalue weighted by Gasteiger charge is -2.25. The van der Waals surface area contributed by atoms with E-state index in [0.29, 0.717) is 17.6 Å². The topological polar surface area (TPSA) is 243 Å². The predicted octanol–water partition coefficient (Wildman–Crippen LogP) is -3.54. The van der Waals surface area contributed by atoms with Crippen LogP contribution in [0, 0.1) is 0 Å². The average molecular weight is 535 g/mol. The van der Waals surface area contributed by atoms with Gasteiger partial charge in [-0.25, -0.2) is 4.79 Å². The van der Waals surface area contributed by atoms with Gasteiger partial charge in [-0.05, 0) is 12.8 Å². The number of rotatable bonds is 13. The summed E-state index contributed by atoms with van der Waals surface area (Å²) < 4.78 is 0.307. The number of aliphatic hydroxyl groups is 5. The SMILES string of the molecule is O=C(CCCC[C@@H]1SC[C@@H]2NC(=O)N[C@@H]21)NC(O)C(O)C(=O)C(O)C(O)C(O)On1c(O)ccc1O. The molecular weight excluding hydrogens is 504 g/mol. The van der Waals surface area contributed by atoms with E-state index < -0.39 is 54.3 Å². The zero-order chi connectivity index (χ0) is 26.6. The molecule has 0 spiro atoms. The number of aromatic nitrogens is 1. The Labute approximate surface area is 209 Å². The van der Waals surface area contributed by atoms with Crippen LogP contribution in [-0.4, -0.2) is 112 Å². The molecule has 5 unspecified atom stereocenters. The number of fused-ring (bicyclic) bond motifs is 1. The minimum absolute atomic E-state index is 0.0182. The van der Waals surface area contributed by atoms with Crippen LogP contribution in [-0.2, 0) is 9.59 Å². The molecule has 1 aromatic heterocycles. The molecule has 2 aliphatic heterocycles. The molecular formula is C20H30N4O11S. The lowest BCUT2D eigenvalue weighted by molar-refractivity contribution is -0.198. The van der Waals surface area contributed by atoms with Gasteiger partial charge in [-0.3, -0.25) is 9.59 Å². The van der Waals surface area contributed by atoms with E-state index >= 15 is 0 Å². The summed E-state index contributed by atoms with van der Waals surface area (Å²) in [6, 6.07) is 1.95. The highest BCUT2D eigenvalue weighted by Crippen LogP contribution is 2.33. The molecule has 0 bridgehead atoms. The number of unbranched alkanes of at least 4 members (excludes halogenated alkanes) is 1. The number of urea groups is 1. The van der Waals surface area contributed by atoms with Crippen molar-refractivity contribution in [3.05, 3.63) is 12.1 Å². The zero-order valence-corrected chi connectivity index (χ0v) is 19.7. The smallest absolute Gasteiger partial charge is 0.315 e. The number of Topliss-reactive ketones (excluding diaryl/α,β-unsaturated/α-hetero) is 1. The number of ketones is 1. The van der Waals surface area contributed by atoms with E-state index in [1.807, 2.05) is 5.32 Å². The summed E-state index contributed by atoms with van der Waals surface area (Å²) in [4.78, 5) is 40.3. The first-order valence-corrected chi connectivity index (χ1v) is 12.2. The van der Waals surface area contributed by atoms with E-state index in [1.165, 1.54) is 0 Å². The Morgan fingerprint density at radius 3 is 2.42 bits per heavy atom. The highest BCUT2D eigenvalue weighted by molar-refractivity contribution is 8.00. The van der Waals surface area contributed by atoms with E-state index in [1.54, 1.807) is 11.8 Å². The van der Waals surface area contributed by atoms with Crippen molar-refractivity contribution in [2.75, 3.05) is 5.75 Å².